The van der Waals surface area contributed by atoms with Crippen LogP contribution in [0.2, 0.25) is 0 Å². The summed E-state index contributed by atoms with van der Waals surface area (Å²) in [6.45, 7) is 5.80. The highest BCUT2D eigenvalue weighted by Gasteiger charge is 2.17. The SMILES string of the molecule is CCC(CC)NC(=O)C(C)Oc1ccc(C#N)cc1. The molecule has 1 rings (SSSR count). The molecular weight excluding hydrogens is 240 g/mol. The van der Waals surface area contributed by atoms with Crippen molar-refractivity contribution in [1.29, 1.82) is 5.26 Å². The third-order valence-electron chi connectivity index (χ3n) is 3.00. The zero-order valence-corrected chi connectivity index (χ0v) is 11.6. The first-order valence-corrected chi connectivity index (χ1v) is 6.57. The van der Waals surface area contributed by atoms with Gasteiger partial charge in [0.15, 0.2) is 6.10 Å². The molecule has 1 amide bonds. The number of nitrogens with zero attached hydrogens (tertiary/aromatic N) is 1. The lowest BCUT2D eigenvalue weighted by Gasteiger charge is -2.19. The number of amides is 1. The van der Waals surface area contributed by atoms with E-state index in [4.69, 9.17) is 10.00 Å². The van der Waals surface area contributed by atoms with Crippen LogP contribution in [0.3, 0.4) is 0 Å². The molecule has 4 heteroatoms. The minimum absolute atomic E-state index is 0.113. The summed E-state index contributed by atoms with van der Waals surface area (Å²) in [5.74, 6) is 0.476. The van der Waals surface area contributed by atoms with Crippen LogP contribution in [-0.2, 0) is 4.79 Å². The van der Waals surface area contributed by atoms with Gasteiger partial charge in [0, 0.05) is 6.04 Å². The highest BCUT2D eigenvalue weighted by Crippen LogP contribution is 2.13. The molecule has 1 N–H and O–H groups in total. The molecule has 1 aromatic rings. The van der Waals surface area contributed by atoms with Crippen molar-refractivity contribution >= 4 is 5.91 Å². The second kappa shape index (κ2) is 7.42. The summed E-state index contributed by atoms with van der Waals surface area (Å²) in [6.07, 6.45) is 1.27. The van der Waals surface area contributed by atoms with Crippen LogP contribution in [0.25, 0.3) is 0 Å². The quantitative estimate of drug-likeness (QED) is 0.855. The lowest BCUT2D eigenvalue weighted by Crippen LogP contribution is -2.42. The van der Waals surface area contributed by atoms with E-state index in [2.05, 4.69) is 5.32 Å². The van der Waals surface area contributed by atoms with E-state index in [1.165, 1.54) is 0 Å². The molecule has 1 aromatic carbocycles. The Hall–Kier alpha value is -2.02. The normalized spacial score (nSPS) is 11.7. The molecule has 0 radical (unpaired) electrons. The number of benzene rings is 1. The number of ether oxygens (including phenoxy) is 1. The average molecular weight is 260 g/mol. The van der Waals surface area contributed by atoms with Crippen molar-refractivity contribution in [1.82, 2.24) is 5.32 Å². The van der Waals surface area contributed by atoms with Gasteiger partial charge in [0.1, 0.15) is 5.75 Å². The Morgan fingerprint density at radius 3 is 2.37 bits per heavy atom. The van der Waals surface area contributed by atoms with Crippen molar-refractivity contribution in [3.05, 3.63) is 29.8 Å². The van der Waals surface area contributed by atoms with Gasteiger partial charge in [0.05, 0.1) is 11.6 Å². The van der Waals surface area contributed by atoms with Crippen LogP contribution in [0.1, 0.15) is 39.2 Å². The van der Waals surface area contributed by atoms with Gasteiger partial charge in [-0.05, 0) is 44.0 Å². The minimum Gasteiger partial charge on any atom is -0.481 e. The molecule has 1 atom stereocenters. The van der Waals surface area contributed by atoms with Gasteiger partial charge in [-0.2, -0.15) is 5.26 Å². The number of hydrogen-bond donors (Lipinski definition) is 1. The van der Waals surface area contributed by atoms with Crippen LogP contribution < -0.4 is 10.1 Å². The standard InChI is InChI=1S/C15H20N2O2/c1-4-13(5-2)17-15(18)11(3)19-14-8-6-12(10-16)7-9-14/h6-9,11,13H,4-5H2,1-3H3,(H,17,18). The maximum atomic E-state index is 11.9. The van der Waals surface area contributed by atoms with E-state index in [-0.39, 0.29) is 11.9 Å². The summed E-state index contributed by atoms with van der Waals surface area (Å²) in [5, 5.41) is 11.6. The Balaban J connectivity index is 2.56. The fraction of sp³-hybridized carbons (Fsp3) is 0.467. The van der Waals surface area contributed by atoms with Crippen molar-refractivity contribution in [2.45, 2.75) is 45.8 Å². The molecule has 0 bridgehead atoms. The summed E-state index contributed by atoms with van der Waals surface area (Å²) in [5.41, 5.74) is 0.571. The van der Waals surface area contributed by atoms with E-state index in [1.807, 2.05) is 19.9 Å². The maximum absolute atomic E-state index is 11.9. The number of rotatable bonds is 6. The second-order valence-electron chi connectivity index (χ2n) is 4.42. The smallest absolute Gasteiger partial charge is 0.260 e. The molecule has 0 saturated carbocycles. The van der Waals surface area contributed by atoms with E-state index in [0.29, 0.717) is 11.3 Å². The molecule has 19 heavy (non-hydrogen) atoms. The fourth-order valence-electron chi connectivity index (χ4n) is 1.68. The number of nitrogens with one attached hydrogen (secondary N) is 1. The van der Waals surface area contributed by atoms with Gasteiger partial charge in [-0.15, -0.1) is 0 Å². The van der Waals surface area contributed by atoms with Gasteiger partial charge in [0.2, 0.25) is 0 Å². The first-order valence-electron chi connectivity index (χ1n) is 6.57. The average Bonchev–Trinajstić information content (AvgIpc) is 2.45. The Labute approximate surface area is 114 Å². The third kappa shape index (κ3) is 4.63. The van der Waals surface area contributed by atoms with Crippen molar-refractivity contribution in [3.8, 4) is 11.8 Å². The first-order chi connectivity index (χ1) is 9.10. The van der Waals surface area contributed by atoms with Gasteiger partial charge in [0.25, 0.3) is 5.91 Å². The molecule has 102 valence electrons. The minimum atomic E-state index is -0.548. The van der Waals surface area contributed by atoms with E-state index in [1.54, 1.807) is 31.2 Å². The molecule has 0 fully saturated rings. The highest BCUT2D eigenvalue weighted by molar-refractivity contribution is 5.81. The van der Waals surface area contributed by atoms with E-state index < -0.39 is 6.10 Å². The summed E-state index contributed by atoms with van der Waals surface area (Å²) >= 11 is 0. The molecular formula is C15H20N2O2. The van der Waals surface area contributed by atoms with Gasteiger partial charge in [-0.3, -0.25) is 4.79 Å². The van der Waals surface area contributed by atoms with E-state index >= 15 is 0 Å². The Kier molecular flexibility index (Phi) is 5.87. The van der Waals surface area contributed by atoms with Crippen molar-refractivity contribution in [3.63, 3.8) is 0 Å². The lowest BCUT2D eigenvalue weighted by molar-refractivity contribution is -0.128. The molecule has 0 aliphatic heterocycles. The first kappa shape index (κ1) is 15.0. The molecule has 4 nitrogen and oxygen atoms in total. The summed E-state index contributed by atoms with van der Waals surface area (Å²) in [6, 6.07) is 8.95. The predicted octanol–water partition coefficient (Wildman–Crippen LogP) is 2.63. The second-order valence-corrected chi connectivity index (χ2v) is 4.42. The number of carbonyl (C=O) groups is 1. The zero-order chi connectivity index (χ0) is 14.3. The molecule has 0 spiro atoms. The van der Waals surface area contributed by atoms with Crippen molar-refractivity contribution < 1.29 is 9.53 Å². The topological polar surface area (TPSA) is 62.1 Å². The Morgan fingerprint density at radius 2 is 1.89 bits per heavy atom. The maximum Gasteiger partial charge on any atom is 0.260 e. The largest absolute Gasteiger partial charge is 0.481 e. The van der Waals surface area contributed by atoms with Crippen molar-refractivity contribution in [2.24, 2.45) is 0 Å². The van der Waals surface area contributed by atoms with Crippen LogP contribution in [-0.4, -0.2) is 18.1 Å². The molecule has 0 saturated heterocycles. The number of nitriles is 1. The zero-order valence-electron chi connectivity index (χ0n) is 11.6. The highest BCUT2D eigenvalue weighted by atomic mass is 16.5. The number of carbonyl (C=O) groups excluding carboxylic acids is 1. The molecule has 0 aliphatic rings. The fourth-order valence-corrected chi connectivity index (χ4v) is 1.68. The van der Waals surface area contributed by atoms with Crippen LogP contribution in [0.5, 0.6) is 5.75 Å². The van der Waals surface area contributed by atoms with Gasteiger partial charge in [-0.25, -0.2) is 0 Å². The summed E-state index contributed by atoms with van der Waals surface area (Å²) < 4.78 is 5.54. The predicted molar refractivity (Wildman–Crippen MR) is 73.8 cm³/mol. The summed E-state index contributed by atoms with van der Waals surface area (Å²) in [7, 11) is 0. The van der Waals surface area contributed by atoms with E-state index in [0.717, 1.165) is 12.8 Å². The molecule has 0 aromatic heterocycles. The van der Waals surface area contributed by atoms with Crippen LogP contribution in [0, 0.1) is 11.3 Å². The van der Waals surface area contributed by atoms with E-state index in [9.17, 15) is 4.79 Å². The van der Waals surface area contributed by atoms with Crippen LogP contribution >= 0.6 is 0 Å². The van der Waals surface area contributed by atoms with Crippen LogP contribution in [0.4, 0.5) is 0 Å². The molecule has 1 unspecified atom stereocenters. The van der Waals surface area contributed by atoms with Gasteiger partial charge >= 0.3 is 0 Å². The van der Waals surface area contributed by atoms with Crippen LogP contribution in [0.15, 0.2) is 24.3 Å². The van der Waals surface area contributed by atoms with Crippen molar-refractivity contribution in [2.75, 3.05) is 0 Å². The Morgan fingerprint density at radius 1 is 1.32 bits per heavy atom. The van der Waals surface area contributed by atoms with Gasteiger partial charge < -0.3 is 10.1 Å². The summed E-state index contributed by atoms with van der Waals surface area (Å²) in [4.78, 5) is 11.9. The monoisotopic (exact) mass is 260 g/mol. The molecule has 0 heterocycles. The lowest BCUT2D eigenvalue weighted by atomic mass is 10.1. The molecule has 0 aliphatic carbocycles. The third-order valence-corrected chi connectivity index (χ3v) is 3.00. The number of hydrogen-bond acceptors (Lipinski definition) is 3. The Bertz CT molecular complexity index is 444. The van der Waals surface area contributed by atoms with Gasteiger partial charge in [-0.1, -0.05) is 13.8 Å².